The van der Waals surface area contributed by atoms with Gasteiger partial charge in [-0.2, -0.15) is 0 Å². The van der Waals surface area contributed by atoms with E-state index in [0.29, 0.717) is 0 Å². The van der Waals surface area contributed by atoms with Crippen molar-refractivity contribution in [1.29, 1.82) is 0 Å². The van der Waals surface area contributed by atoms with Crippen molar-refractivity contribution in [1.82, 2.24) is 14.9 Å². The summed E-state index contributed by atoms with van der Waals surface area (Å²) in [6.07, 6.45) is 6.21. The van der Waals surface area contributed by atoms with Crippen LogP contribution in [0, 0.1) is 5.41 Å². The third-order valence-electron chi connectivity index (χ3n) is 4.23. The summed E-state index contributed by atoms with van der Waals surface area (Å²) in [7, 11) is 2.00. The lowest BCUT2D eigenvalue weighted by atomic mass is 9.68. The number of nitrogens with zero attached hydrogens (tertiary/aromatic N) is 2. The lowest BCUT2D eigenvalue weighted by Gasteiger charge is -2.47. The van der Waals surface area contributed by atoms with E-state index in [1.807, 2.05) is 24.0 Å². The van der Waals surface area contributed by atoms with Gasteiger partial charge in [0.15, 0.2) is 0 Å². The number of hydrogen-bond acceptors (Lipinski definition) is 3. The second-order valence-electron chi connectivity index (χ2n) is 5.80. The highest BCUT2D eigenvalue weighted by Gasteiger charge is 2.44. The number of rotatable bonds is 3. The van der Waals surface area contributed by atoms with Crippen LogP contribution in [0.4, 0.5) is 0 Å². The van der Waals surface area contributed by atoms with Gasteiger partial charge in [-0.25, -0.2) is 4.98 Å². The number of imidazole rings is 1. The summed E-state index contributed by atoms with van der Waals surface area (Å²) in [4.78, 5) is 4.32. The molecule has 0 aliphatic carbocycles. The van der Waals surface area contributed by atoms with Crippen LogP contribution in [0.3, 0.4) is 0 Å². The first-order valence-corrected chi connectivity index (χ1v) is 6.34. The Hall–Kier alpha value is -0.870. The number of aromatic nitrogens is 2. The van der Waals surface area contributed by atoms with Crippen molar-refractivity contribution in [3.63, 3.8) is 0 Å². The Kier molecular flexibility index (Phi) is 3.27. The molecular formula is C13H23N3O. The maximum absolute atomic E-state index is 10.8. The van der Waals surface area contributed by atoms with Crippen molar-refractivity contribution < 1.29 is 5.11 Å². The summed E-state index contributed by atoms with van der Waals surface area (Å²) in [6.45, 7) is 6.06. The minimum Gasteiger partial charge on any atom is -0.389 e. The van der Waals surface area contributed by atoms with Crippen LogP contribution in [0.1, 0.15) is 32.5 Å². The highest BCUT2D eigenvalue weighted by molar-refractivity contribution is 5.01. The van der Waals surface area contributed by atoms with Crippen LogP contribution in [-0.2, 0) is 13.5 Å². The highest BCUT2D eigenvalue weighted by Crippen LogP contribution is 2.38. The zero-order chi connectivity index (χ0) is 12.5. The normalized spacial score (nSPS) is 28.2. The molecule has 1 aromatic heterocycles. The van der Waals surface area contributed by atoms with Crippen molar-refractivity contribution in [3.05, 3.63) is 18.2 Å². The fourth-order valence-electron chi connectivity index (χ4n) is 2.62. The molecule has 0 aromatic carbocycles. The molecular weight excluding hydrogens is 214 g/mol. The van der Waals surface area contributed by atoms with Crippen LogP contribution in [0.15, 0.2) is 12.4 Å². The monoisotopic (exact) mass is 237 g/mol. The average Bonchev–Trinajstić information content (AvgIpc) is 2.66. The van der Waals surface area contributed by atoms with E-state index in [1.165, 1.54) is 0 Å². The molecule has 17 heavy (non-hydrogen) atoms. The molecule has 96 valence electrons. The predicted octanol–water partition coefficient (Wildman–Crippen LogP) is 1.10. The Morgan fingerprint density at radius 3 is 2.88 bits per heavy atom. The highest BCUT2D eigenvalue weighted by atomic mass is 16.3. The van der Waals surface area contributed by atoms with E-state index in [1.54, 1.807) is 0 Å². The van der Waals surface area contributed by atoms with Gasteiger partial charge in [-0.05, 0) is 19.4 Å². The molecule has 2 N–H and O–H groups in total. The first-order chi connectivity index (χ1) is 7.95. The Labute approximate surface area is 103 Å². The molecule has 1 saturated heterocycles. The van der Waals surface area contributed by atoms with E-state index in [2.05, 4.69) is 24.1 Å². The molecule has 1 aliphatic rings. The van der Waals surface area contributed by atoms with Crippen molar-refractivity contribution in [2.45, 2.75) is 38.7 Å². The molecule has 0 bridgehead atoms. The summed E-state index contributed by atoms with van der Waals surface area (Å²) >= 11 is 0. The first-order valence-electron chi connectivity index (χ1n) is 6.34. The molecule has 1 aromatic rings. The summed E-state index contributed by atoms with van der Waals surface area (Å²) in [5, 5.41) is 14.2. The Morgan fingerprint density at radius 2 is 2.29 bits per heavy atom. The Balaban J connectivity index is 2.04. The molecule has 2 heterocycles. The van der Waals surface area contributed by atoms with Crippen LogP contribution in [-0.4, -0.2) is 33.3 Å². The lowest BCUT2D eigenvalue weighted by Crippen LogP contribution is -2.56. The maximum Gasteiger partial charge on any atom is 0.108 e. The molecule has 0 saturated carbocycles. The Morgan fingerprint density at radius 1 is 1.53 bits per heavy atom. The predicted molar refractivity (Wildman–Crippen MR) is 67.7 cm³/mol. The fraction of sp³-hybridized carbons (Fsp3) is 0.769. The van der Waals surface area contributed by atoms with Crippen molar-refractivity contribution in [2.75, 3.05) is 13.1 Å². The largest absolute Gasteiger partial charge is 0.389 e. The number of aryl methyl sites for hydroxylation is 2. The number of aliphatic hydroxyl groups is 1. The second kappa shape index (κ2) is 4.42. The SMILES string of the molecule is Cn1ccnc1CCC1(O)CCNCC1(C)C. The average molecular weight is 237 g/mol. The standard InChI is InChI=1S/C13H23N3O/c1-12(2)10-14-7-6-13(12,17)5-4-11-15-8-9-16(11)3/h8-9,14,17H,4-7,10H2,1-3H3. The van der Waals surface area contributed by atoms with Crippen molar-refractivity contribution in [2.24, 2.45) is 12.5 Å². The summed E-state index contributed by atoms with van der Waals surface area (Å²) in [5.41, 5.74) is -0.652. The molecule has 1 aliphatic heterocycles. The van der Waals surface area contributed by atoms with E-state index in [4.69, 9.17) is 0 Å². The Bertz CT molecular complexity index is 386. The molecule has 1 unspecified atom stereocenters. The van der Waals surface area contributed by atoms with E-state index >= 15 is 0 Å². The third-order valence-corrected chi connectivity index (χ3v) is 4.23. The molecule has 1 fully saturated rings. The molecule has 4 nitrogen and oxygen atoms in total. The first kappa shape index (κ1) is 12.6. The molecule has 0 radical (unpaired) electrons. The number of nitrogens with one attached hydrogen (secondary N) is 1. The number of piperidine rings is 1. The maximum atomic E-state index is 10.8. The third kappa shape index (κ3) is 2.38. The summed E-state index contributed by atoms with van der Waals surface area (Å²) in [6, 6.07) is 0. The second-order valence-corrected chi connectivity index (χ2v) is 5.80. The van der Waals surface area contributed by atoms with Gasteiger partial charge in [-0.1, -0.05) is 13.8 Å². The molecule has 0 amide bonds. The van der Waals surface area contributed by atoms with E-state index < -0.39 is 5.60 Å². The van der Waals surface area contributed by atoms with Crippen LogP contribution in [0.25, 0.3) is 0 Å². The molecule has 1 atom stereocenters. The minimum atomic E-state index is -0.579. The van der Waals surface area contributed by atoms with Gasteiger partial charge in [0.25, 0.3) is 0 Å². The topological polar surface area (TPSA) is 50.1 Å². The number of hydrogen-bond donors (Lipinski definition) is 2. The molecule has 4 heteroatoms. The van der Waals surface area contributed by atoms with Gasteiger partial charge in [-0.15, -0.1) is 0 Å². The van der Waals surface area contributed by atoms with Crippen LogP contribution < -0.4 is 5.32 Å². The van der Waals surface area contributed by atoms with Gasteiger partial charge < -0.3 is 15.0 Å². The van der Waals surface area contributed by atoms with E-state index in [0.717, 1.165) is 38.2 Å². The minimum absolute atomic E-state index is 0.0730. The zero-order valence-electron chi connectivity index (χ0n) is 11.0. The van der Waals surface area contributed by atoms with Gasteiger partial charge in [0.1, 0.15) is 5.82 Å². The van der Waals surface area contributed by atoms with Crippen LogP contribution >= 0.6 is 0 Å². The van der Waals surface area contributed by atoms with E-state index in [9.17, 15) is 5.11 Å². The van der Waals surface area contributed by atoms with E-state index in [-0.39, 0.29) is 5.41 Å². The van der Waals surface area contributed by atoms with Crippen LogP contribution in [0.2, 0.25) is 0 Å². The zero-order valence-corrected chi connectivity index (χ0v) is 11.0. The van der Waals surface area contributed by atoms with Crippen LogP contribution in [0.5, 0.6) is 0 Å². The smallest absolute Gasteiger partial charge is 0.108 e. The molecule has 2 rings (SSSR count). The van der Waals surface area contributed by atoms with Gasteiger partial charge in [-0.3, -0.25) is 0 Å². The molecule has 0 spiro atoms. The quantitative estimate of drug-likeness (QED) is 0.828. The van der Waals surface area contributed by atoms with Gasteiger partial charge in [0, 0.05) is 37.8 Å². The van der Waals surface area contributed by atoms with Crippen molar-refractivity contribution in [3.8, 4) is 0 Å². The van der Waals surface area contributed by atoms with Gasteiger partial charge in [0.2, 0.25) is 0 Å². The van der Waals surface area contributed by atoms with Gasteiger partial charge >= 0.3 is 0 Å². The summed E-state index contributed by atoms with van der Waals surface area (Å²) in [5.74, 6) is 1.05. The fourth-order valence-corrected chi connectivity index (χ4v) is 2.62. The van der Waals surface area contributed by atoms with Crippen molar-refractivity contribution >= 4 is 0 Å². The van der Waals surface area contributed by atoms with Gasteiger partial charge in [0.05, 0.1) is 5.60 Å². The summed E-state index contributed by atoms with van der Waals surface area (Å²) < 4.78 is 2.03. The lowest BCUT2D eigenvalue weighted by molar-refractivity contribution is -0.0934.